The number of amides is 3. The molecule has 1 aliphatic rings. The molecule has 0 bridgehead atoms. The van der Waals surface area contributed by atoms with Gasteiger partial charge in [0.2, 0.25) is 0 Å². The lowest BCUT2D eigenvalue weighted by molar-refractivity contribution is 0.100. The Morgan fingerprint density at radius 3 is 2.73 bits per heavy atom. The molecule has 26 heavy (non-hydrogen) atoms. The SMILES string of the molecule is NC(=O)Nc1sc2c(c1C(N)=O)CCc1nn(CCn3cccn3)cc1-2. The maximum absolute atomic E-state index is 11.9. The van der Waals surface area contributed by atoms with Gasteiger partial charge in [0, 0.05) is 29.0 Å². The van der Waals surface area contributed by atoms with Crippen molar-refractivity contribution in [1.82, 2.24) is 19.6 Å². The summed E-state index contributed by atoms with van der Waals surface area (Å²) in [5.41, 5.74) is 13.9. The van der Waals surface area contributed by atoms with E-state index in [0.717, 1.165) is 21.7 Å². The molecule has 0 fully saturated rings. The molecule has 9 nitrogen and oxygen atoms in total. The molecule has 4 rings (SSSR count). The number of primary amides is 2. The lowest BCUT2D eigenvalue weighted by Crippen LogP contribution is -2.22. The summed E-state index contributed by atoms with van der Waals surface area (Å²) >= 11 is 1.31. The number of nitrogens with two attached hydrogens (primary N) is 2. The van der Waals surface area contributed by atoms with Crippen molar-refractivity contribution in [2.45, 2.75) is 25.9 Å². The zero-order valence-electron chi connectivity index (χ0n) is 13.8. The zero-order valence-corrected chi connectivity index (χ0v) is 14.6. The molecule has 0 radical (unpaired) electrons. The van der Waals surface area contributed by atoms with E-state index < -0.39 is 11.9 Å². The van der Waals surface area contributed by atoms with Gasteiger partial charge in [-0.15, -0.1) is 11.3 Å². The second-order valence-corrected chi connectivity index (χ2v) is 7.01. The van der Waals surface area contributed by atoms with Crippen molar-refractivity contribution in [2.75, 3.05) is 5.32 Å². The van der Waals surface area contributed by atoms with Gasteiger partial charge in [-0.25, -0.2) is 4.79 Å². The van der Waals surface area contributed by atoms with Crippen molar-refractivity contribution >= 4 is 28.3 Å². The number of aromatic nitrogens is 4. The highest BCUT2D eigenvalue weighted by Gasteiger charge is 2.29. The van der Waals surface area contributed by atoms with E-state index in [1.165, 1.54) is 11.3 Å². The largest absolute Gasteiger partial charge is 0.365 e. The van der Waals surface area contributed by atoms with Crippen LogP contribution < -0.4 is 16.8 Å². The van der Waals surface area contributed by atoms with Gasteiger partial charge in [0.05, 0.1) is 24.3 Å². The maximum Gasteiger partial charge on any atom is 0.317 e. The molecule has 0 unspecified atom stereocenters. The van der Waals surface area contributed by atoms with Crippen molar-refractivity contribution in [3.63, 3.8) is 0 Å². The molecule has 3 aromatic rings. The second kappa shape index (κ2) is 6.30. The van der Waals surface area contributed by atoms with Gasteiger partial charge in [0.1, 0.15) is 5.00 Å². The molecule has 0 aliphatic heterocycles. The fraction of sp³-hybridized carbons (Fsp3) is 0.250. The molecule has 5 N–H and O–H groups in total. The van der Waals surface area contributed by atoms with E-state index in [1.807, 2.05) is 27.8 Å². The highest BCUT2D eigenvalue weighted by molar-refractivity contribution is 7.20. The van der Waals surface area contributed by atoms with E-state index in [2.05, 4.69) is 15.5 Å². The number of rotatable bonds is 5. The Bertz CT molecular complexity index is 987. The van der Waals surface area contributed by atoms with Crippen LogP contribution in [0.2, 0.25) is 0 Å². The van der Waals surface area contributed by atoms with Crippen molar-refractivity contribution in [1.29, 1.82) is 0 Å². The van der Waals surface area contributed by atoms with Crippen LogP contribution in [0.5, 0.6) is 0 Å². The van der Waals surface area contributed by atoms with Gasteiger partial charge >= 0.3 is 6.03 Å². The minimum absolute atomic E-state index is 0.346. The average molecular weight is 371 g/mol. The summed E-state index contributed by atoms with van der Waals surface area (Å²) < 4.78 is 3.73. The maximum atomic E-state index is 11.9. The van der Waals surface area contributed by atoms with Crippen LogP contribution in [0.25, 0.3) is 10.4 Å². The van der Waals surface area contributed by atoms with Crippen molar-refractivity contribution in [3.05, 3.63) is 41.5 Å². The first-order valence-electron chi connectivity index (χ1n) is 8.09. The van der Waals surface area contributed by atoms with E-state index >= 15 is 0 Å². The number of thiophene rings is 1. The normalized spacial score (nSPS) is 12.5. The predicted octanol–water partition coefficient (Wildman–Crippen LogP) is 1.20. The predicted molar refractivity (Wildman–Crippen MR) is 96.9 cm³/mol. The molecule has 3 heterocycles. The lowest BCUT2D eigenvalue weighted by Gasteiger charge is -2.11. The molecule has 0 aromatic carbocycles. The number of hydrogen-bond donors (Lipinski definition) is 3. The first-order chi connectivity index (χ1) is 12.5. The van der Waals surface area contributed by atoms with Gasteiger partial charge in [-0.3, -0.25) is 19.5 Å². The Hall–Kier alpha value is -3.14. The second-order valence-electron chi connectivity index (χ2n) is 5.99. The lowest BCUT2D eigenvalue weighted by atomic mass is 9.94. The smallest absolute Gasteiger partial charge is 0.317 e. The van der Waals surface area contributed by atoms with E-state index in [1.54, 1.807) is 6.20 Å². The molecule has 10 heteroatoms. The molecule has 134 valence electrons. The van der Waals surface area contributed by atoms with Crippen LogP contribution in [-0.2, 0) is 25.9 Å². The van der Waals surface area contributed by atoms with E-state index in [-0.39, 0.29) is 0 Å². The minimum atomic E-state index is -0.721. The van der Waals surface area contributed by atoms with Gasteiger partial charge in [-0.1, -0.05) is 0 Å². The van der Waals surface area contributed by atoms with Crippen LogP contribution in [0.1, 0.15) is 21.6 Å². The molecule has 3 amide bonds. The third kappa shape index (κ3) is 2.84. The number of nitrogens with one attached hydrogen (secondary N) is 1. The Morgan fingerprint density at radius 2 is 2.04 bits per heavy atom. The molecule has 0 spiro atoms. The average Bonchev–Trinajstić information content (AvgIpc) is 3.29. The Morgan fingerprint density at radius 1 is 1.23 bits per heavy atom. The number of anilines is 1. The van der Waals surface area contributed by atoms with Gasteiger partial charge in [-0.2, -0.15) is 10.2 Å². The van der Waals surface area contributed by atoms with E-state index in [4.69, 9.17) is 11.5 Å². The summed E-state index contributed by atoms with van der Waals surface area (Å²) in [5, 5.41) is 11.7. The third-order valence-electron chi connectivity index (χ3n) is 4.30. The fourth-order valence-electron chi connectivity index (χ4n) is 3.21. The molecular weight excluding hydrogens is 354 g/mol. The Balaban J connectivity index is 1.68. The summed E-state index contributed by atoms with van der Waals surface area (Å²) in [5.74, 6) is -0.569. The van der Waals surface area contributed by atoms with Crippen molar-refractivity contribution in [2.24, 2.45) is 11.5 Å². The molecule has 1 aliphatic carbocycles. The first-order valence-corrected chi connectivity index (χ1v) is 8.90. The van der Waals surface area contributed by atoms with Gasteiger partial charge in [-0.05, 0) is 24.5 Å². The molecule has 3 aromatic heterocycles. The number of hydrogen-bond acceptors (Lipinski definition) is 5. The Kier molecular flexibility index (Phi) is 3.96. The Labute approximate surface area is 152 Å². The number of urea groups is 1. The summed E-state index contributed by atoms with van der Waals surface area (Å²) in [4.78, 5) is 24.0. The number of carbonyl (C=O) groups is 2. The van der Waals surface area contributed by atoms with E-state index in [0.29, 0.717) is 36.5 Å². The van der Waals surface area contributed by atoms with Crippen LogP contribution in [0, 0.1) is 0 Å². The summed E-state index contributed by atoms with van der Waals surface area (Å²) in [6.45, 7) is 1.40. The number of fused-ring (bicyclic) bond motifs is 3. The number of aryl methyl sites for hydroxylation is 3. The molecule has 0 atom stereocenters. The summed E-state index contributed by atoms with van der Waals surface area (Å²) in [6.07, 6.45) is 6.97. The highest BCUT2D eigenvalue weighted by atomic mass is 32.1. The monoisotopic (exact) mass is 371 g/mol. The zero-order chi connectivity index (χ0) is 18.3. The number of nitrogens with zero attached hydrogens (tertiary/aromatic N) is 4. The van der Waals surface area contributed by atoms with Crippen molar-refractivity contribution < 1.29 is 9.59 Å². The van der Waals surface area contributed by atoms with E-state index in [9.17, 15) is 9.59 Å². The molecule has 0 saturated carbocycles. The summed E-state index contributed by atoms with van der Waals surface area (Å²) in [6, 6.07) is 1.16. The standard InChI is InChI=1S/C16H17N7O2S/c17-14(24)12-9-2-3-11-10(13(9)26-15(12)20-16(18)25)8-23(21-11)7-6-22-5-1-4-19-22/h1,4-5,8H,2-3,6-7H2,(H2,17,24)(H3,18,20,25). The van der Waals surface area contributed by atoms with Crippen LogP contribution in [0.4, 0.5) is 9.80 Å². The van der Waals surface area contributed by atoms with Gasteiger partial charge in [0.15, 0.2) is 0 Å². The van der Waals surface area contributed by atoms with Crippen LogP contribution >= 0.6 is 11.3 Å². The fourth-order valence-corrected chi connectivity index (χ4v) is 4.50. The van der Waals surface area contributed by atoms with Crippen LogP contribution in [0.15, 0.2) is 24.7 Å². The topological polar surface area (TPSA) is 134 Å². The quantitative estimate of drug-likeness (QED) is 0.621. The van der Waals surface area contributed by atoms with Gasteiger partial charge in [0.25, 0.3) is 5.91 Å². The van der Waals surface area contributed by atoms with Crippen LogP contribution in [-0.4, -0.2) is 31.5 Å². The third-order valence-corrected chi connectivity index (χ3v) is 5.48. The van der Waals surface area contributed by atoms with Crippen molar-refractivity contribution in [3.8, 4) is 10.4 Å². The molecular formula is C16H17N7O2S. The highest BCUT2D eigenvalue weighted by Crippen LogP contribution is 2.44. The first kappa shape index (κ1) is 16.3. The minimum Gasteiger partial charge on any atom is -0.365 e. The number of carbonyl (C=O) groups excluding carboxylic acids is 2. The van der Waals surface area contributed by atoms with Crippen LogP contribution in [0.3, 0.4) is 0 Å². The molecule has 0 saturated heterocycles. The van der Waals surface area contributed by atoms with Gasteiger partial charge < -0.3 is 11.5 Å². The summed E-state index contributed by atoms with van der Waals surface area (Å²) in [7, 11) is 0.